The number of nitrogens with one attached hydrogen (secondary N) is 5. The van der Waals surface area contributed by atoms with Crippen LogP contribution in [0, 0.1) is 0 Å². The Kier molecular flexibility index (Phi) is 12.2. The van der Waals surface area contributed by atoms with Crippen LogP contribution in [0.25, 0.3) is 10.9 Å². The Bertz CT molecular complexity index is 1680. The number of carbonyl (C=O) groups is 5. The Morgan fingerprint density at radius 1 is 0.660 bits per heavy atom. The standard InChI is InChI=1S/C34H39N7O6/c35-25(15-21-9-3-1-4-10-21)31(44)39-27(16-22-11-5-2-6-12-22)33(46)41-29(20-42)34(47)40-28(32(45)38-19-30(36)43)17-23-18-37-26-14-8-7-13-24(23)26/h1-14,18,25,27-29,37,42H,15-17,19-20,35H2,(H2,36,43)(H,38,45)(H,39,44)(H,40,47)(H,41,46)/t25-,27-,28-,29-/m0/s1. The maximum atomic E-state index is 13.5. The van der Waals surface area contributed by atoms with Crippen LogP contribution in [-0.2, 0) is 43.2 Å². The Morgan fingerprint density at radius 2 is 1.19 bits per heavy atom. The molecule has 4 aromatic rings. The molecular weight excluding hydrogens is 602 g/mol. The number of hydrogen-bond acceptors (Lipinski definition) is 7. The number of fused-ring (bicyclic) bond motifs is 1. The molecule has 1 heterocycles. The second kappa shape index (κ2) is 16.7. The van der Waals surface area contributed by atoms with E-state index in [0.29, 0.717) is 5.56 Å². The van der Waals surface area contributed by atoms with Gasteiger partial charge in [0.25, 0.3) is 0 Å². The maximum absolute atomic E-state index is 13.5. The summed E-state index contributed by atoms with van der Waals surface area (Å²) in [5, 5.41) is 21.1. The minimum atomic E-state index is -1.48. The van der Waals surface area contributed by atoms with Gasteiger partial charge >= 0.3 is 0 Å². The molecular formula is C34H39N7O6. The molecule has 0 spiro atoms. The Balaban J connectivity index is 1.48. The van der Waals surface area contributed by atoms with Crippen molar-refractivity contribution in [3.05, 3.63) is 108 Å². The lowest BCUT2D eigenvalue weighted by Gasteiger charge is -2.25. The molecule has 3 aromatic carbocycles. The molecule has 10 N–H and O–H groups in total. The number of carbonyl (C=O) groups excluding carboxylic acids is 5. The monoisotopic (exact) mass is 641 g/mol. The smallest absolute Gasteiger partial charge is 0.245 e. The number of primary amides is 1. The number of hydrogen-bond donors (Lipinski definition) is 8. The molecule has 4 rings (SSSR count). The zero-order chi connectivity index (χ0) is 33.8. The van der Waals surface area contributed by atoms with Crippen molar-refractivity contribution >= 4 is 40.4 Å². The Hall–Kier alpha value is -5.53. The van der Waals surface area contributed by atoms with E-state index in [2.05, 4.69) is 26.3 Å². The van der Waals surface area contributed by atoms with Gasteiger partial charge in [0.2, 0.25) is 29.5 Å². The molecule has 13 nitrogen and oxygen atoms in total. The number of aromatic amines is 1. The van der Waals surface area contributed by atoms with Crippen LogP contribution in [0.1, 0.15) is 16.7 Å². The van der Waals surface area contributed by atoms with Crippen LogP contribution in [0.15, 0.2) is 91.1 Å². The zero-order valence-electron chi connectivity index (χ0n) is 25.6. The van der Waals surface area contributed by atoms with E-state index in [1.807, 2.05) is 60.7 Å². The molecule has 13 heteroatoms. The number of aliphatic hydroxyl groups is 1. The molecule has 0 aliphatic carbocycles. The summed E-state index contributed by atoms with van der Waals surface area (Å²) in [4.78, 5) is 67.5. The molecule has 0 aliphatic rings. The molecule has 0 saturated carbocycles. The number of rotatable bonds is 16. The summed E-state index contributed by atoms with van der Waals surface area (Å²) >= 11 is 0. The number of H-pyrrole nitrogens is 1. The van der Waals surface area contributed by atoms with Crippen LogP contribution in [0.3, 0.4) is 0 Å². The van der Waals surface area contributed by atoms with E-state index in [1.54, 1.807) is 30.5 Å². The van der Waals surface area contributed by atoms with Crippen molar-refractivity contribution in [2.24, 2.45) is 11.5 Å². The molecule has 0 fully saturated rings. The van der Waals surface area contributed by atoms with E-state index in [-0.39, 0.29) is 19.3 Å². The number of amides is 5. The van der Waals surface area contributed by atoms with Gasteiger partial charge in [-0.15, -0.1) is 0 Å². The SMILES string of the molecule is NC(=O)CNC(=O)[C@H](Cc1c[nH]c2ccccc12)NC(=O)[C@H](CO)NC(=O)[C@H](Cc1ccccc1)NC(=O)[C@@H](N)Cc1ccccc1. The van der Waals surface area contributed by atoms with Crippen molar-refractivity contribution in [3.8, 4) is 0 Å². The highest BCUT2D eigenvalue weighted by Gasteiger charge is 2.31. The predicted octanol–water partition coefficient (Wildman–Crippen LogP) is -0.429. The third-order valence-electron chi connectivity index (χ3n) is 7.54. The summed E-state index contributed by atoms with van der Waals surface area (Å²) in [6, 6.07) is 20.8. The third-order valence-corrected chi connectivity index (χ3v) is 7.54. The van der Waals surface area contributed by atoms with Crippen molar-refractivity contribution in [2.75, 3.05) is 13.2 Å². The summed E-state index contributed by atoms with van der Waals surface area (Å²) in [6.45, 7) is -1.26. The summed E-state index contributed by atoms with van der Waals surface area (Å²) in [5.74, 6) is -3.63. The topological polar surface area (TPSA) is 222 Å². The summed E-state index contributed by atoms with van der Waals surface area (Å²) in [6.07, 6.45) is 2.05. The van der Waals surface area contributed by atoms with Gasteiger partial charge in [-0.2, -0.15) is 0 Å². The number of nitrogens with two attached hydrogens (primary N) is 2. The van der Waals surface area contributed by atoms with Gasteiger partial charge in [-0.1, -0.05) is 78.9 Å². The average Bonchev–Trinajstić information content (AvgIpc) is 3.48. The predicted molar refractivity (Wildman–Crippen MR) is 175 cm³/mol. The molecule has 47 heavy (non-hydrogen) atoms. The third kappa shape index (κ3) is 9.98. The summed E-state index contributed by atoms with van der Waals surface area (Å²) < 4.78 is 0. The van der Waals surface area contributed by atoms with Crippen molar-refractivity contribution in [1.82, 2.24) is 26.3 Å². The molecule has 4 atom stereocenters. The van der Waals surface area contributed by atoms with E-state index >= 15 is 0 Å². The second-order valence-corrected chi connectivity index (χ2v) is 11.1. The van der Waals surface area contributed by atoms with Crippen molar-refractivity contribution in [1.29, 1.82) is 0 Å². The van der Waals surface area contributed by atoms with Gasteiger partial charge in [0.05, 0.1) is 19.2 Å². The summed E-state index contributed by atoms with van der Waals surface area (Å²) in [5.41, 5.74) is 14.5. The summed E-state index contributed by atoms with van der Waals surface area (Å²) in [7, 11) is 0. The van der Waals surface area contributed by atoms with Crippen LogP contribution in [0.2, 0.25) is 0 Å². The quantitative estimate of drug-likeness (QED) is 0.0806. The van der Waals surface area contributed by atoms with Gasteiger partial charge in [-0.25, -0.2) is 0 Å². The fourth-order valence-corrected chi connectivity index (χ4v) is 5.06. The Labute approximate surface area is 271 Å². The number of aliphatic hydroxyl groups excluding tert-OH is 1. The van der Waals surface area contributed by atoms with Gasteiger partial charge in [0, 0.05) is 29.9 Å². The lowest BCUT2D eigenvalue weighted by atomic mass is 10.0. The Morgan fingerprint density at radius 3 is 1.83 bits per heavy atom. The molecule has 1 aromatic heterocycles. The number of para-hydroxylation sites is 1. The van der Waals surface area contributed by atoms with Crippen LogP contribution in [0.5, 0.6) is 0 Å². The normalized spacial score (nSPS) is 13.5. The van der Waals surface area contributed by atoms with Gasteiger partial charge < -0.3 is 42.8 Å². The lowest BCUT2D eigenvalue weighted by Crippen LogP contribution is -2.59. The van der Waals surface area contributed by atoms with E-state index in [1.165, 1.54) is 0 Å². The minimum Gasteiger partial charge on any atom is -0.394 e. The van der Waals surface area contributed by atoms with E-state index in [4.69, 9.17) is 11.5 Å². The van der Waals surface area contributed by atoms with Crippen LogP contribution in [-0.4, -0.2) is 76.9 Å². The van der Waals surface area contributed by atoms with Crippen LogP contribution in [0.4, 0.5) is 0 Å². The van der Waals surface area contributed by atoms with Gasteiger partial charge in [-0.05, 0) is 29.2 Å². The first kappa shape index (κ1) is 34.3. The van der Waals surface area contributed by atoms with Crippen molar-refractivity contribution in [2.45, 2.75) is 43.4 Å². The molecule has 0 unspecified atom stereocenters. The second-order valence-electron chi connectivity index (χ2n) is 11.1. The highest BCUT2D eigenvalue weighted by molar-refractivity contribution is 5.96. The highest BCUT2D eigenvalue weighted by atomic mass is 16.3. The number of benzene rings is 3. The number of aromatic nitrogens is 1. The largest absolute Gasteiger partial charge is 0.394 e. The minimum absolute atomic E-state index is 0.0262. The van der Waals surface area contributed by atoms with E-state index in [0.717, 1.165) is 22.0 Å². The average molecular weight is 642 g/mol. The first-order chi connectivity index (χ1) is 22.6. The highest BCUT2D eigenvalue weighted by Crippen LogP contribution is 2.19. The van der Waals surface area contributed by atoms with E-state index < -0.39 is 66.9 Å². The lowest BCUT2D eigenvalue weighted by molar-refractivity contribution is -0.134. The maximum Gasteiger partial charge on any atom is 0.245 e. The van der Waals surface area contributed by atoms with Crippen LogP contribution >= 0.6 is 0 Å². The molecule has 246 valence electrons. The first-order valence-corrected chi connectivity index (χ1v) is 15.1. The van der Waals surface area contributed by atoms with Crippen molar-refractivity contribution in [3.63, 3.8) is 0 Å². The fraction of sp³-hybridized carbons (Fsp3) is 0.265. The van der Waals surface area contributed by atoms with Crippen molar-refractivity contribution < 1.29 is 29.1 Å². The molecule has 0 saturated heterocycles. The molecule has 0 aliphatic heterocycles. The molecule has 0 radical (unpaired) electrons. The van der Waals surface area contributed by atoms with Gasteiger partial charge in [0.15, 0.2) is 0 Å². The van der Waals surface area contributed by atoms with E-state index in [9.17, 15) is 29.1 Å². The molecule has 5 amide bonds. The zero-order valence-corrected chi connectivity index (χ0v) is 25.6. The first-order valence-electron chi connectivity index (χ1n) is 15.1. The van der Waals surface area contributed by atoms with Gasteiger partial charge in [0.1, 0.15) is 18.1 Å². The van der Waals surface area contributed by atoms with Gasteiger partial charge in [-0.3, -0.25) is 24.0 Å². The fourth-order valence-electron chi connectivity index (χ4n) is 5.06. The molecule has 0 bridgehead atoms. The van der Waals surface area contributed by atoms with Crippen LogP contribution < -0.4 is 32.7 Å².